The van der Waals surface area contributed by atoms with Gasteiger partial charge in [0.05, 0.1) is 0 Å². The molecule has 0 spiro atoms. The summed E-state index contributed by atoms with van der Waals surface area (Å²) >= 11 is 0.328. The predicted molar refractivity (Wildman–Crippen MR) is 181 cm³/mol. The van der Waals surface area contributed by atoms with Crippen molar-refractivity contribution in [3.8, 4) is 22.3 Å². The number of para-hydroxylation sites is 1. The molecule has 0 saturated carbocycles. The minimum Gasteiger partial charge on any atom is -0.0617 e. The Labute approximate surface area is 251 Å². The summed E-state index contributed by atoms with van der Waals surface area (Å²) in [6, 6.07) is 59.5. The van der Waals surface area contributed by atoms with E-state index in [1.807, 2.05) is 0 Å². The largest absolute Gasteiger partial charge is 0.0617 e. The van der Waals surface area contributed by atoms with Crippen LogP contribution in [0.5, 0.6) is 0 Å². The monoisotopic (exact) mass is 601 g/mol. The van der Waals surface area contributed by atoms with Crippen LogP contribution in [0.4, 0.5) is 17.1 Å². The van der Waals surface area contributed by atoms with Gasteiger partial charge in [-0.3, -0.25) is 0 Å². The Morgan fingerprint density at radius 1 is 0.357 bits per heavy atom. The number of hydrogen-bond acceptors (Lipinski definition) is 1. The Morgan fingerprint density at radius 3 is 1.79 bits per heavy atom. The summed E-state index contributed by atoms with van der Waals surface area (Å²) in [6.45, 7) is 0. The summed E-state index contributed by atoms with van der Waals surface area (Å²) in [6.07, 6.45) is 0. The molecule has 42 heavy (non-hydrogen) atoms. The molecule has 0 aliphatic carbocycles. The van der Waals surface area contributed by atoms with E-state index in [0.717, 1.165) is 17.1 Å². The summed E-state index contributed by atoms with van der Waals surface area (Å²) in [5.41, 5.74) is 8.31. The first kappa shape index (κ1) is 24.9. The molecular formula is C40H27NSe. The van der Waals surface area contributed by atoms with E-state index < -0.39 is 0 Å². The minimum atomic E-state index is 0.328. The average Bonchev–Trinajstić information content (AvgIpc) is 3.45. The molecule has 0 amide bonds. The fourth-order valence-corrected chi connectivity index (χ4v) is 8.59. The first-order valence-electron chi connectivity index (χ1n) is 14.3. The molecule has 8 aromatic rings. The molecular weight excluding hydrogens is 573 g/mol. The topological polar surface area (TPSA) is 3.24 Å². The first-order chi connectivity index (χ1) is 20.8. The van der Waals surface area contributed by atoms with Crippen molar-refractivity contribution in [1.82, 2.24) is 0 Å². The van der Waals surface area contributed by atoms with Gasteiger partial charge in [-0.25, -0.2) is 0 Å². The number of hydrogen-bond donors (Lipinski definition) is 0. The van der Waals surface area contributed by atoms with Gasteiger partial charge < -0.3 is 0 Å². The zero-order chi connectivity index (χ0) is 27.9. The molecule has 0 atom stereocenters. The van der Waals surface area contributed by atoms with Crippen LogP contribution < -0.4 is 4.90 Å². The molecule has 7 aromatic carbocycles. The van der Waals surface area contributed by atoms with Crippen LogP contribution in [0.3, 0.4) is 0 Å². The van der Waals surface area contributed by atoms with Crippen molar-refractivity contribution in [2.24, 2.45) is 0 Å². The smallest absolute Gasteiger partial charge is 0.0544 e. The third-order valence-electron chi connectivity index (χ3n) is 8.02. The molecule has 0 saturated heterocycles. The van der Waals surface area contributed by atoms with E-state index in [-0.39, 0.29) is 0 Å². The van der Waals surface area contributed by atoms with Gasteiger partial charge in [0.2, 0.25) is 0 Å². The van der Waals surface area contributed by atoms with E-state index in [1.165, 1.54) is 52.3 Å². The number of nitrogens with zero attached hydrogens (tertiary/aromatic N) is 1. The van der Waals surface area contributed by atoms with Crippen molar-refractivity contribution in [2.45, 2.75) is 0 Å². The van der Waals surface area contributed by atoms with E-state index in [2.05, 4.69) is 169 Å². The molecule has 1 nitrogen and oxygen atoms in total. The first-order valence-corrected chi connectivity index (χ1v) is 16.0. The van der Waals surface area contributed by atoms with Crippen molar-refractivity contribution in [3.05, 3.63) is 164 Å². The third-order valence-corrected chi connectivity index (χ3v) is 10.6. The van der Waals surface area contributed by atoms with Crippen molar-refractivity contribution >= 4 is 61.6 Å². The van der Waals surface area contributed by atoms with E-state index in [9.17, 15) is 0 Å². The van der Waals surface area contributed by atoms with Crippen LogP contribution in [0.25, 0.3) is 52.3 Å². The van der Waals surface area contributed by atoms with Crippen LogP contribution in [0, 0.1) is 0 Å². The van der Waals surface area contributed by atoms with Gasteiger partial charge in [0.15, 0.2) is 0 Å². The summed E-state index contributed by atoms with van der Waals surface area (Å²) in [5.74, 6) is 0. The molecule has 8 rings (SSSR count). The molecule has 0 N–H and O–H groups in total. The standard InChI is InChI=1S/C40H27NSe/c1-3-11-28(12-4-1)29-13-9-14-30(25-29)31-15-10-18-34(26-31)41(33-16-5-2-6-17-33)35-22-24-36-32(27-35)21-23-38-37-19-7-8-20-39(37)42-40(36)38/h1-27H. The molecule has 0 bridgehead atoms. The van der Waals surface area contributed by atoms with Gasteiger partial charge in [0, 0.05) is 0 Å². The molecule has 0 aliphatic rings. The average molecular weight is 601 g/mol. The van der Waals surface area contributed by atoms with Crippen LogP contribution in [0.15, 0.2) is 164 Å². The van der Waals surface area contributed by atoms with Crippen molar-refractivity contribution in [2.75, 3.05) is 4.90 Å². The van der Waals surface area contributed by atoms with E-state index >= 15 is 0 Å². The second-order valence-corrected chi connectivity index (χ2v) is 12.8. The zero-order valence-electron chi connectivity index (χ0n) is 22.9. The van der Waals surface area contributed by atoms with Gasteiger partial charge in [-0.1, -0.05) is 36.4 Å². The molecule has 1 heterocycles. The minimum absolute atomic E-state index is 0.328. The van der Waals surface area contributed by atoms with Gasteiger partial charge in [0.25, 0.3) is 0 Å². The SMILES string of the molecule is c1ccc(-c2cccc(-c3cccc(N(c4ccccc4)c4ccc5c(ccc6c7ccccc7[se]c56)c4)c3)c2)cc1. The van der Waals surface area contributed by atoms with Gasteiger partial charge in [-0.05, 0) is 5.56 Å². The number of fused-ring (bicyclic) bond motifs is 5. The van der Waals surface area contributed by atoms with Gasteiger partial charge in [-0.15, -0.1) is 0 Å². The van der Waals surface area contributed by atoms with E-state index in [1.54, 1.807) is 0 Å². The maximum atomic E-state index is 2.37. The molecule has 1 aromatic heterocycles. The van der Waals surface area contributed by atoms with E-state index in [4.69, 9.17) is 0 Å². The summed E-state index contributed by atoms with van der Waals surface area (Å²) < 4.78 is 2.98. The summed E-state index contributed by atoms with van der Waals surface area (Å²) in [7, 11) is 0. The predicted octanol–water partition coefficient (Wildman–Crippen LogP) is 11.0. The molecule has 2 heteroatoms. The van der Waals surface area contributed by atoms with Crippen molar-refractivity contribution in [1.29, 1.82) is 0 Å². The van der Waals surface area contributed by atoms with E-state index in [0.29, 0.717) is 14.5 Å². The van der Waals surface area contributed by atoms with Gasteiger partial charge in [0.1, 0.15) is 0 Å². The second kappa shape index (κ2) is 10.5. The second-order valence-electron chi connectivity index (χ2n) is 10.6. The Bertz CT molecular complexity index is 2200. The number of anilines is 3. The normalized spacial score (nSPS) is 11.3. The fraction of sp³-hybridized carbons (Fsp3) is 0. The van der Waals surface area contributed by atoms with Crippen LogP contribution in [0.2, 0.25) is 0 Å². The molecule has 0 radical (unpaired) electrons. The Morgan fingerprint density at radius 2 is 0.952 bits per heavy atom. The summed E-state index contributed by atoms with van der Waals surface area (Å²) in [4.78, 5) is 2.37. The Hall–Kier alpha value is -4.88. The maximum absolute atomic E-state index is 2.37. The maximum Gasteiger partial charge on any atom is -0.0544 e. The fourth-order valence-electron chi connectivity index (χ4n) is 6.00. The number of benzene rings is 7. The molecule has 0 unspecified atom stereocenters. The molecule has 198 valence electrons. The van der Waals surface area contributed by atoms with Gasteiger partial charge >= 0.3 is 211 Å². The van der Waals surface area contributed by atoms with Crippen LogP contribution >= 0.6 is 0 Å². The van der Waals surface area contributed by atoms with Crippen molar-refractivity contribution in [3.63, 3.8) is 0 Å². The Kier molecular flexibility index (Phi) is 6.22. The zero-order valence-corrected chi connectivity index (χ0v) is 24.7. The van der Waals surface area contributed by atoms with Crippen LogP contribution in [0.1, 0.15) is 0 Å². The third kappa shape index (κ3) is 4.43. The van der Waals surface area contributed by atoms with Gasteiger partial charge in [-0.2, -0.15) is 0 Å². The number of rotatable bonds is 5. The Balaban J connectivity index is 1.25. The van der Waals surface area contributed by atoms with Crippen LogP contribution in [-0.4, -0.2) is 14.5 Å². The van der Waals surface area contributed by atoms with Crippen LogP contribution in [-0.2, 0) is 0 Å². The molecule has 0 aliphatic heterocycles. The molecule has 0 fully saturated rings. The van der Waals surface area contributed by atoms with Crippen molar-refractivity contribution < 1.29 is 0 Å². The quantitative estimate of drug-likeness (QED) is 0.178. The summed E-state index contributed by atoms with van der Waals surface area (Å²) in [5, 5.41) is 5.45.